The van der Waals surface area contributed by atoms with Crippen LogP contribution in [0.1, 0.15) is 39.2 Å². The fourth-order valence-corrected chi connectivity index (χ4v) is 3.51. The van der Waals surface area contributed by atoms with Gasteiger partial charge in [0.1, 0.15) is 12.2 Å². The molecule has 0 radical (unpaired) electrons. The molecule has 1 aromatic carbocycles. The Kier molecular flexibility index (Phi) is 7.85. The van der Waals surface area contributed by atoms with Crippen LogP contribution in [0.4, 0.5) is 43.9 Å². The van der Waals surface area contributed by atoms with E-state index in [9.17, 15) is 53.5 Å². The summed E-state index contributed by atoms with van der Waals surface area (Å²) in [6.45, 7) is -1.06. The van der Waals surface area contributed by atoms with Crippen LogP contribution in [0.3, 0.4) is 0 Å². The predicted molar refractivity (Wildman–Crippen MR) is 112 cm³/mol. The maximum absolute atomic E-state index is 14.1. The van der Waals surface area contributed by atoms with Crippen LogP contribution in [0.2, 0.25) is 0 Å². The summed E-state index contributed by atoms with van der Waals surface area (Å²) < 4.78 is 132. The average Bonchev–Trinajstić information content (AvgIpc) is 3.27. The van der Waals surface area contributed by atoms with Crippen molar-refractivity contribution in [2.24, 2.45) is 5.16 Å². The third kappa shape index (κ3) is 6.75. The number of alkyl halides is 9. The molecular weight excluding hydrogens is 558 g/mol. The van der Waals surface area contributed by atoms with Gasteiger partial charge in [0.15, 0.2) is 0 Å². The number of halogens is 10. The average molecular weight is 574 g/mol. The van der Waals surface area contributed by atoms with Gasteiger partial charge in [0, 0.05) is 11.6 Å². The minimum atomic E-state index is -5.39. The molecule has 39 heavy (non-hydrogen) atoms. The highest BCUT2D eigenvalue weighted by molar-refractivity contribution is 6.04. The highest BCUT2D eigenvalue weighted by Gasteiger charge is 2.64. The molecule has 0 saturated heterocycles. The van der Waals surface area contributed by atoms with Gasteiger partial charge in [-0.05, 0) is 36.2 Å². The number of aryl methyl sites for hydroxylation is 1. The van der Waals surface area contributed by atoms with Crippen LogP contribution in [0.25, 0.3) is 0 Å². The number of nitrogens with zero attached hydrogens (tertiary/aromatic N) is 2. The summed E-state index contributed by atoms with van der Waals surface area (Å²) in [5, 5.41) is 6.98. The predicted octanol–water partition coefficient (Wildman–Crippen LogP) is 4.54. The van der Waals surface area contributed by atoms with Crippen molar-refractivity contribution in [1.82, 2.24) is 15.6 Å². The molecule has 3 rings (SSSR count). The summed E-state index contributed by atoms with van der Waals surface area (Å²) in [4.78, 5) is 31.3. The van der Waals surface area contributed by atoms with Crippen LogP contribution in [0.15, 0.2) is 35.5 Å². The second-order valence-corrected chi connectivity index (χ2v) is 8.30. The molecule has 0 unspecified atom stereocenters. The topological polar surface area (TPSA) is 92.7 Å². The van der Waals surface area contributed by atoms with Crippen LogP contribution < -0.4 is 10.6 Å². The van der Waals surface area contributed by atoms with Crippen molar-refractivity contribution < 1.29 is 58.3 Å². The zero-order valence-corrected chi connectivity index (χ0v) is 19.4. The van der Waals surface area contributed by atoms with E-state index in [2.05, 4.69) is 20.3 Å². The maximum Gasteiger partial charge on any atom is 0.437 e. The van der Waals surface area contributed by atoms with Crippen molar-refractivity contribution in [2.75, 3.05) is 13.1 Å². The van der Waals surface area contributed by atoms with Crippen LogP contribution in [0.5, 0.6) is 0 Å². The van der Waals surface area contributed by atoms with Gasteiger partial charge < -0.3 is 15.5 Å². The lowest BCUT2D eigenvalue weighted by molar-refractivity contribution is -0.277. The van der Waals surface area contributed by atoms with E-state index < -0.39 is 78.4 Å². The van der Waals surface area contributed by atoms with Crippen molar-refractivity contribution in [3.63, 3.8) is 0 Å². The molecule has 0 spiro atoms. The quantitative estimate of drug-likeness (QED) is 0.392. The first-order valence-electron chi connectivity index (χ1n) is 10.6. The van der Waals surface area contributed by atoms with Crippen molar-refractivity contribution in [3.8, 4) is 0 Å². The first-order chi connectivity index (χ1) is 17.8. The van der Waals surface area contributed by atoms with Crippen molar-refractivity contribution >= 4 is 17.5 Å². The van der Waals surface area contributed by atoms with E-state index in [1.807, 2.05) is 0 Å². The largest absolute Gasteiger partial charge is 0.437 e. The standard InChI is InChI=1S/C22H16F10N4O3/c1-10-4-11(2-3-13(10)18(38)33-8-17(37)34-9-20(24,25)26)14-7-19(39-36-14,22(30,31)32)15-5-12(21(27,28)29)6-16(23)35-15/h2-6H,7-9H2,1H3,(H,33,38)(H,34,37)/t19-/m0/s1. The number of nitrogens with one attached hydrogen (secondary N) is 2. The Morgan fingerprint density at radius 1 is 1.00 bits per heavy atom. The first kappa shape index (κ1) is 29.6. The zero-order valence-electron chi connectivity index (χ0n) is 19.4. The number of oxime groups is 1. The summed E-state index contributed by atoms with van der Waals surface area (Å²) >= 11 is 0. The lowest BCUT2D eigenvalue weighted by Gasteiger charge is -2.28. The van der Waals surface area contributed by atoms with E-state index in [0.717, 1.165) is 12.1 Å². The lowest BCUT2D eigenvalue weighted by Crippen LogP contribution is -2.43. The fraction of sp³-hybridized carbons (Fsp3) is 0.364. The van der Waals surface area contributed by atoms with Gasteiger partial charge in [0.25, 0.3) is 11.5 Å². The van der Waals surface area contributed by atoms with E-state index in [1.165, 1.54) is 13.0 Å². The summed E-state index contributed by atoms with van der Waals surface area (Å²) in [5.41, 5.74) is -7.07. The normalized spacial score (nSPS) is 17.9. The molecule has 1 aliphatic heterocycles. The van der Waals surface area contributed by atoms with Crippen LogP contribution >= 0.6 is 0 Å². The fourth-order valence-electron chi connectivity index (χ4n) is 3.51. The van der Waals surface area contributed by atoms with Gasteiger partial charge in [0.2, 0.25) is 11.9 Å². The van der Waals surface area contributed by atoms with E-state index in [4.69, 9.17) is 0 Å². The monoisotopic (exact) mass is 574 g/mol. The van der Waals surface area contributed by atoms with Crippen molar-refractivity contribution in [1.29, 1.82) is 0 Å². The Hall–Kier alpha value is -3.92. The van der Waals surface area contributed by atoms with Gasteiger partial charge >= 0.3 is 18.5 Å². The molecule has 7 nitrogen and oxygen atoms in total. The number of carbonyl (C=O) groups is 2. The van der Waals surface area contributed by atoms with Crippen LogP contribution in [-0.4, -0.2) is 48.0 Å². The zero-order chi connectivity index (χ0) is 29.4. The van der Waals surface area contributed by atoms with Gasteiger partial charge in [-0.2, -0.15) is 43.9 Å². The summed E-state index contributed by atoms with van der Waals surface area (Å²) in [6, 6.07) is 3.37. The molecule has 212 valence electrons. The Labute approximate surface area is 212 Å². The van der Waals surface area contributed by atoms with Gasteiger partial charge in [0.05, 0.1) is 24.2 Å². The molecule has 0 saturated carbocycles. The Bertz CT molecular complexity index is 1300. The summed E-state index contributed by atoms with van der Waals surface area (Å²) in [7, 11) is 0. The number of carbonyl (C=O) groups excluding carboxylic acids is 2. The molecule has 2 heterocycles. The molecule has 0 bridgehead atoms. The molecule has 1 atom stereocenters. The molecule has 17 heteroatoms. The molecule has 0 aliphatic carbocycles. The minimum Gasteiger partial charge on any atom is -0.372 e. The van der Waals surface area contributed by atoms with Crippen LogP contribution in [0, 0.1) is 12.9 Å². The van der Waals surface area contributed by atoms with Gasteiger partial charge in [-0.25, -0.2) is 4.98 Å². The minimum absolute atomic E-state index is 0.0125. The summed E-state index contributed by atoms with van der Waals surface area (Å²) in [5.74, 6) is -3.84. The van der Waals surface area contributed by atoms with E-state index in [1.54, 1.807) is 5.32 Å². The van der Waals surface area contributed by atoms with E-state index in [0.29, 0.717) is 0 Å². The number of amides is 2. The lowest BCUT2D eigenvalue weighted by atomic mass is 9.88. The maximum atomic E-state index is 14.1. The highest BCUT2D eigenvalue weighted by Crippen LogP contribution is 2.49. The molecular formula is C22H16F10N4O3. The van der Waals surface area contributed by atoms with Gasteiger partial charge in [-0.1, -0.05) is 11.2 Å². The van der Waals surface area contributed by atoms with Gasteiger partial charge in [-0.3, -0.25) is 9.59 Å². The highest BCUT2D eigenvalue weighted by atomic mass is 19.4. The van der Waals surface area contributed by atoms with Gasteiger partial charge in [-0.15, -0.1) is 0 Å². The number of benzene rings is 1. The third-order valence-electron chi connectivity index (χ3n) is 5.42. The molecule has 2 amide bonds. The van der Waals surface area contributed by atoms with Crippen molar-refractivity contribution in [2.45, 2.75) is 37.5 Å². The molecule has 1 aromatic heterocycles. The second-order valence-electron chi connectivity index (χ2n) is 8.30. The van der Waals surface area contributed by atoms with E-state index >= 15 is 0 Å². The number of aromatic nitrogens is 1. The number of hydrogen-bond donors (Lipinski definition) is 2. The van der Waals surface area contributed by atoms with Crippen molar-refractivity contribution in [3.05, 3.63) is 64.2 Å². The molecule has 0 fully saturated rings. The molecule has 1 aliphatic rings. The molecule has 2 aromatic rings. The van der Waals surface area contributed by atoms with E-state index in [-0.39, 0.29) is 28.8 Å². The second kappa shape index (κ2) is 10.3. The molecule has 2 N–H and O–H groups in total. The Morgan fingerprint density at radius 2 is 1.67 bits per heavy atom. The number of hydrogen-bond acceptors (Lipinski definition) is 5. The number of pyridine rings is 1. The Balaban J connectivity index is 1.81. The number of rotatable bonds is 6. The third-order valence-corrected chi connectivity index (χ3v) is 5.42. The Morgan fingerprint density at radius 3 is 2.23 bits per heavy atom. The smallest absolute Gasteiger partial charge is 0.372 e. The SMILES string of the molecule is Cc1cc(C2=NO[C@@](c3cc(C(F)(F)F)cc(F)n3)(C(F)(F)F)C2)ccc1C(=O)NCC(=O)NCC(F)(F)F. The first-order valence-corrected chi connectivity index (χ1v) is 10.6. The summed E-state index contributed by atoms with van der Waals surface area (Å²) in [6.07, 6.45) is -16.4. The van der Waals surface area contributed by atoms with Crippen LogP contribution in [-0.2, 0) is 21.4 Å².